The molecule has 0 spiro atoms. The highest BCUT2D eigenvalue weighted by Gasteiger charge is 2.14. The molecule has 0 aromatic rings. The van der Waals surface area contributed by atoms with E-state index in [2.05, 4.69) is 36.0 Å². The first kappa shape index (κ1) is 41.5. The third-order valence-corrected chi connectivity index (χ3v) is 11.8. The Morgan fingerprint density at radius 2 is 0.463 bits per heavy atom. The molecule has 0 aromatic carbocycles. The summed E-state index contributed by atoms with van der Waals surface area (Å²) < 4.78 is 0. The highest BCUT2D eigenvalue weighted by atomic mass is 32.4. The Hall–Kier alpha value is 0.530. The van der Waals surface area contributed by atoms with E-state index in [0.717, 1.165) is 19.6 Å². The summed E-state index contributed by atoms with van der Waals surface area (Å²) in [5.74, 6) is 0. The molecule has 0 fully saturated rings. The van der Waals surface area contributed by atoms with Crippen molar-refractivity contribution in [1.29, 1.82) is 0 Å². The highest BCUT2D eigenvalue weighted by Crippen LogP contribution is 2.31. The predicted octanol–water partition coefficient (Wildman–Crippen LogP) is 12.7. The lowest BCUT2D eigenvalue weighted by Gasteiger charge is -2.26. The first-order chi connectivity index (χ1) is 20.2. The van der Waals surface area contributed by atoms with Gasteiger partial charge in [0, 0.05) is 19.6 Å². The second-order valence-electron chi connectivity index (χ2n) is 12.9. The van der Waals surface area contributed by atoms with Crippen molar-refractivity contribution in [2.24, 2.45) is 0 Å². The molecule has 0 radical (unpaired) electrons. The van der Waals surface area contributed by atoms with E-state index in [1.54, 1.807) is 0 Å². The molecule has 0 bridgehead atoms. The number of unbranched alkanes of at least 4 members (excludes halogenated alkanes) is 27. The van der Waals surface area contributed by atoms with Crippen molar-refractivity contribution < 1.29 is 0 Å². The monoisotopic (exact) mass is 616 g/mol. The molecule has 248 valence electrons. The molecule has 0 saturated carbocycles. The maximum absolute atomic E-state index is 6.19. The second-order valence-corrected chi connectivity index (χ2v) is 16.7. The van der Waals surface area contributed by atoms with Crippen LogP contribution in [0.5, 0.6) is 0 Å². The average molecular weight is 616 g/mol. The summed E-state index contributed by atoms with van der Waals surface area (Å²) in [7, 11) is 0. The predicted molar refractivity (Wildman–Crippen MR) is 194 cm³/mol. The molecule has 0 saturated heterocycles. The third kappa shape index (κ3) is 33.3. The average Bonchev–Trinajstić information content (AvgIpc) is 2.97. The van der Waals surface area contributed by atoms with Gasteiger partial charge in [-0.05, 0) is 31.1 Å². The molecule has 41 heavy (non-hydrogen) atoms. The summed E-state index contributed by atoms with van der Waals surface area (Å²) >= 11 is 6.19. The molecular weight excluding hydrogens is 537 g/mol. The van der Waals surface area contributed by atoms with Gasteiger partial charge in [-0.15, -0.1) is 0 Å². The molecule has 0 aliphatic carbocycles. The molecule has 0 amide bonds. The molecule has 0 atom stereocenters. The van der Waals surface area contributed by atoms with Gasteiger partial charge in [-0.2, -0.15) is 0 Å². The minimum Gasteiger partial charge on any atom is -0.266 e. The van der Waals surface area contributed by atoms with Crippen molar-refractivity contribution in [3.8, 4) is 0 Å². The van der Waals surface area contributed by atoms with Gasteiger partial charge in [-0.1, -0.05) is 194 Å². The maximum atomic E-state index is 6.19. The van der Waals surface area contributed by atoms with Gasteiger partial charge < -0.3 is 0 Å². The minimum absolute atomic E-state index is 1.06. The molecule has 0 aliphatic heterocycles. The molecule has 3 N–H and O–H groups in total. The largest absolute Gasteiger partial charge is 0.266 e. The lowest BCUT2D eigenvalue weighted by Crippen LogP contribution is -2.33. The smallest absolute Gasteiger partial charge is 0.137 e. The van der Waals surface area contributed by atoms with E-state index in [0.29, 0.717) is 0 Å². The van der Waals surface area contributed by atoms with Gasteiger partial charge in [-0.25, -0.2) is 0 Å². The summed E-state index contributed by atoms with van der Waals surface area (Å²) in [5, 5.41) is 11.4. The van der Waals surface area contributed by atoms with E-state index in [9.17, 15) is 0 Å². The van der Waals surface area contributed by atoms with Crippen molar-refractivity contribution in [2.45, 2.75) is 213 Å². The fourth-order valence-electron chi connectivity index (χ4n) is 5.71. The molecule has 0 rings (SSSR count). The van der Waals surface area contributed by atoms with E-state index in [-0.39, 0.29) is 0 Å². The second kappa shape index (κ2) is 35.0. The van der Waals surface area contributed by atoms with Gasteiger partial charge in [-0.3, -0.25) is 15.3 Å². The quantitative estimate of drug-likeness (QED) is 0.0484. The van der Waals surface area contributed by atoms with E-state index in [1.807, 2.05) is 0 Å². The zero-order valence-corrected chi connectivity index (χ0v) is 30.4. The zero-order valence-electron chi connectivity index (χ0n) is 28.7. The van der Waals surface area contributed by atoms with Crippen LogP contribution in [-0.2, 0) is 11.8 Å². The van der Waals surface area contributed by atoms with Crippen LogP contribution in [0.25, 0.3) is 0 Å². The summed E-state index contributed by atoms with van der Waals surface area (Å²) in [4.78, 5) is 0. The Morgan fingerprint density at radius 3 is 0.659 bits per heavy atom. The number of hydrogen-bond acceptors (Lipinski definition) is 1. The van der Waals surface area contributed by atoms with Crippen molar-refractivity contribution in [2.75, 3.05) is 19.6 Å². The maximum Gasteiger partial charge on any atom is 0.137 e. The fourth-order valence-corrected chi connectivity index (χ4v) is 8.29. The lowest BCUT2D eigenvalue weighted by molar-refractivity contribution is 0.551. The van der Waals surface area contributed by atoms with Gasteiger partial charge >= 0.3 is 0 Å². The first-order valence-corrected chi connectivity index (χ1v) is 21.8. The van der Waals surface area contributed by atoms with Crippen LogP contribution < -0.4 is 15.3 Å². The van der Waals surface area contributed by atoms with Crippen LogP contribution in [0.1, 0.15) is 213 Å². The molecular formula is C36H78N3PS. The fraction of sp³-hybridized carbons (Fsp3) is 1.00. The molecule has 5 heteroatoms. The van der Waals surface area contributed by atoms with Gasteiger partial charge in [0.1, 0.15) is 6.49 Å². The Balaban J connectivity index is 4.07. The zero-order chi connectivity index (χ0) is 30.0. The van der Waals surface area contributed by atoms with Crippen LogP contribution in [-0.4, -0.2) is 19.6 Å². The molecule has 0 heterocycles. The van der Waals surface area contributed by atoms with Gasteiger partial charge in [0.05, 0.1) is 0 Å². The van der Waals surface area contributed by atoms with Crippen molar-refractivity contribution in [3.63, 3.8) is 0 Å². The topological polar surface area (TPSA) is 36.1 Å². The number of hydrogen-bond donors (Lipinski definition) is 3. The van der Waals surface area contributed by atoms with Crippen LogP contribution in [0.15, 0.2) is 0 Å². The molecule has 0 aliphatic rings. The Bertz CT molecular complexity index is 460. The van der Waals surface area contributed by atoms with Gasteiger partial charge in [0.2, 0.25) is 0 Å². The SMILES string of the molecule is CCCCCCCCCCCCNP(=S)(NCCCCCCCCCCCC)NCCCCCCCCCCCC. The normalized spacial score (nSPS) is 12.0. The molecule has 0 unspecified atom stereocenters. The first-order valence-electron chi connectivity index (χ1n) is 19.0. The van der Waals surface area contributed by atoms with E-state index < -0.39 is 6.49 Å². The molecule has 3 nitrogen and oxygen atoms in total. The van der Waals surface area contributed by atoms with Gasteiger partial charge in [0.15, 0.2) is 0 Å². The molecule has 0 aromatic heterocycles. The standard InChI is InChI=1S/C36H78N3PS/c1-4-7-10-13-16-19-22-25-28-31-34-37-40(41,38-35-32-29-26-23-20-17-14-11-8-5-2)39-36-33-30-27-24-21-18-15-12-9-6-3/h4-36H2,1-3H3,(H3,37,38,39,41). The van der Waals surface area contributed by atoms with E-state index in [4.69, 9.17) is 11.8 Å². The highest BCUT2D eigenvalue weighted by molar-refractivity contribution is 8.11. The third-order valence-electron chi connectivity index (χ3n) is 8.59. The van der Waals surface area contributed by atoms with Crippen molar-refractivity contribution in [3.05, 3.63) is 0 Å². The summed E-state index contributed by atoms with van der Waals surface area (Å²) in [6.45, 7) is 8.21. The summed E-state index contributed by atoms with van der Waals surface area (Å²) in [6, 6.07) is 0. The van der Waals surface area contributed by atoms with Crippen LogP contribution in [0, 0.1) is 0 Å². The number of rotatable bonds is 36. The Morgan fingerprint density at radius 1 is 0.293 bits per heavy atom. The van der Waals surface area contributed by atoms with Crippen LogP contribution >= 0.6 is 6.49 Å². The van der Waals surface area contributed by atoms with Crippen molar-refractivity contribution >= 4 is 18.3 Å². The van der Waals surface area contributed by atoms with Crippen molar-refractivity contribution in [1.82, 2.24) is 15.3 Å². The summed E-state index contributed by atoms with van der Waals surface area (Å²) in [5.41, 5.74) is 0. The van der Waals surface area contributed by atoms with Gasteiger partial charge in [0.25, 0.3) is 0 Å². The lowest BCUT2D eigenvalue weighted by atomic mass is 10.1. The van der Waals surface area contributed by atoms with E-state index in [1.165, 1.54) is 193 Å². The van der Waals surface area contributed by atoms with E-state index >= 15 is 0 Å². The Kier molecular flexibility index (Phi) is 35.5. The Labute approximate surface area is 265 Å². The summed E-state index contributed by atoms with van der Waals surface area (Å²) in [6.07, 6.45) is 41.7. The van der Waals surface area contributed by atoms with Crippen LogP contribution in [0.2, 0.25) is 0 Å². The number of nitrogens with one attached hydrogen (secondary N) is 3. The van der Waals surface area contributed by atoms with Crippen LogP contribution in [0.4, 0.5) is 0 Å². The van der Waals surface area contributed by atoms with Crippen LogP contribution in [0.3, 0.4) is 0 Å². The minimum atomic E-state index is -1.87.